The first-order valence-corrected chi connectivity index (χ1v) is 21.8. The molecule has 0 spiro atoms. The molecule has 5 rings (SSSR count). The van der Waals surface area contributed by atoms with E-state index >= 15 is 0 Å². The van der Waals surface area contributed by atoms with E-state index in [1.165, 1.54) is 80.7 Å². The van der Waals surface area contributed by atoms with E-state index in [4.69, 9.17) is 23.2 Å². The van der Waals surface area contributed by atoms with Crippen molar-refractivity contribution in [2.75, 3.05) is 10.6 Å². The minimum Gasteiger partial charge on any atom is -0.301 e. The summed E-state index contributed by atoms with van der Waals surface area (Å²) in [4.78, 5) is 35.5. The fraction of sp³-hybridized carbons (Fsp3) is 0.297. The van der Waals surface area contributed by atoms with E-state index in [2.05, 4.69) is 20.6 Å². The molecule has 5 aromatic rings. The minimum absolute atomic E-state index is 0.0501. The molecule has 0 saturated carbocycles. The molecule has 0 fully saturated rings. The van der Waals surface area contributed by atoms with Crippen molar-refractivity contribution in [2.24, 2.45) is 0 Å². The molecule has 0 bridgehead atoms. The summed E-state index contributed by atoms with van der Waals surface area (Å²) in [6.07, 6.45) is 2.39. The Balaban J connectivity index is 0.000000247. The van der Waals surface area contributed by atoms with Gasteiger partial charge in [0.2, 0.25) is 11.8 Å². The third-order valence-electron chi connectivity index (χ3n) is 8.34. The largest absolute Gasteiger partial charge is 0.301 e. The average Bonchev–Trinajstić information content (AvgIpc) is 3.76. The second kappa shape index (κ2) is 17.0. The molecule has 2 amide bonds. The van der Waals surface area contributed by atoms with Crippen LogP contribution in [-0.2, 0) is 35.7 Å². The summed E-state index contributed by atoms with van der Waals surface area (Å²) < 4.78 is 62.3. The van der Waals surface area contributed by atoms with Crippen molar-refractivity contribution in [2.45, 2.75) is 80.1 Å². The number of anilines is 2. The maximum atomic E-state index is 14.3. The van der Waals surface area contributed by atoms with Crippen molar-refractivity contribution in [1.82, 2.24) is 9.97 Å². The highest BCUT2D eigenvalue weighted by Gasteiger charge is 2.45. The van der Waals surface area contributed by atoms with Crippen molar-refractivity contribution in [3.05, 3.63) is 105 Å². The summed E-state index contributed by atoms with van der Waals surface area (Å²) >= 11 is 14.1. The number of sulfone groups is 2. The standard InChI is InChI=1S/C21H20ClFN2O3S2.C16H19ClN2O3S2/c1-4-16-18(13-8-6-5-7-9-13)24-20(29-16)25-19(26)21(2,3)30(27,28)17-11-10-14(22)12-15(17)23;1-10(2)13-9-18-15(23-13)19-14(20)16(3,4)24(21,22)12-7-5-11(17)6-8-12/h5-12H,4H2,1-3H3,(H,24,25,26);5-10H,1-4H3,(H,18,19,20). The predicted octanol–water partition coefficient (Wildman–Crippen LogP) is 9.47. The molecule has 2 aromatic heterocycles. The maximum absolute atomic E-state index is 14.3. The van der Waals surface area contributed by atoms with E-state index < -0.39 is 51.7 Å². The van der Waals surface area contributed by atoms with Crippen LogP contribution in [0.1, 0.15) is 64.1 Å². The molecule has 10 nitrogen and oxygen atoms in total. The van der Waals surface area contributed by atoms with Gasteiger partial charge in [0.15, 0.2) is 29.9 Å². The highest BCUT2D eigenvalue weighted by molar-refractivity contribution is 7.94. The zero-order valence-corrected chi connectivity index (χ0v) is 35.2. The van der Waals surface area contributed by atoms with E-state index in [9.17, 15) is 30.8 Å². The van der Waals surface area contributed by atoms with E-state index in [0.717, 1.165) is 33.1 Å². The Morgan fingerprint density at radius 3 is 1.89 bits per heavy atom. The fourth-order valence-electron chi connectivity index (χ4n) is 4.69. The zero-order valence-electron chi connectivity index (χ0n) is 30.4. The molecule has 288 valence electrons. The molecule has 0 unspecified atom stereocenters. The van der Waals surface area contributed by atoms with Crippen molar-refractivity contribution < 1.29 is 30.8 Å². The molecule has 0 atom stereocenters. The van der Waals surface area contributed by atoms with Gasteiger partial charge in [-0.25, -0.2) is 31.2 Å². The van der Waals surface area contributed by atoms with Gasteiger partial charge < -0.3 is 10.6 Å². The van der Waals surface area contributed by atoms with E-state index in [0.29, 0.717) is 22.5 Å². The number of aryl methyl sites for hydroxylation is 1. The van der Waals surface area contributed by atoms with Gasteiger partial charge in [-0.2, -0.15) is 0 Å². The molecule has 0 saturated heterocycles. The van der Waals surface area contributed by atoms with E-state index in [1.807, 2.05) is 51.1 Å². The Labute approximate surface area is 333 Å². The number of benzene rings is 3. The summed E-state index contributed by atoms with van der Waals surface area (Å²) in [5.41, 5.74) is 1.64. The summed E-state index contributed by atoms with van der Waals surface area (Å²) in [6.45, 7) is 11.2. The number of carbonyl (C=O) groups excluding carboxylic acids is 2. The summed E-state index contributed by atoms with van der Waals surface area (Å²) in [6, 6.07) is 18.5. The van der Waals surface area contributed by atoms with Crippen molar-refractivity contribution in [3.8, 4) is 11.3 Å². The predicted molar refractivity (Wildman–Crippen MR) is 216 cm³/mol. The monoisotopic (exact) mass is 852 g/mol. The average molecular weight is 854 g/mol. The number of carbonyl (C=O) groups is 2. The van der Waals surface area contributed by atoms with Crippen LogP contribution in [0.15, 0.2) is 88.8 Å². The van der Waals surface area contributed by atoms with E-state index in [1.54, 1.807) is 6.20 Å². The lowest BCUT2D eigenvalue weighted by Crippen LogP contribution is -2.44. The number of halogens is 3. The molecule has 2 heterocycles. The summed E-state index contributed by atoms with van der Waals surface area (Å²) in [7, 11) is -8.21. The lowest BCUT2D eigenvalue weighted by molar-refractivity contribution is -0.118. The van der Waals surface area contributed by atoms with Crippen LogP contribution in [0.4, 0.5) is 14.7 Å². The van der Waals surface area contributed by atoms with Gasteiger partial charge in [-0.15, -0.1) is 22.7 Å². The van der Waals surface area contributed by atoms with Crippen LogP contribution in [0, 0.1) is 5.82 Å². The third-order valence-corrected chi connectivity index (χ3v) is 16.0. The smallest absolute Gasteiger partial charge is 0.247 e. The number of aromatic nitrogens is 2. The van der Waals surface area contributed by atoms with Crippen LogP contribution in [0.3, 0.4) is 0 Å². The van der Waals surface area contributed by atoms with Crippen LogP contribution < -0.4 is 10.6 Å². The Kier molecular flexibility index (Phi) is 13.5. The van der Waals surface area contributed by atoms with Crippen LogP contribution in [0.5, 0.6) is 0 Å². The van der Waals surface area contributed by atoms with Gasteiger partial charge in [-0.1, -0.05) is 74.3 Å². The number of rotatable bonds is 11. The zero-order chi connectivity index (χ0) is 40.2. The number of hydrogen-bond donors (Lipinski definition) is 2. The van der Waals surface area contributed by atoms with Gasteiger partial charge >= 0.3 is 0 Å². The molecule has 2 N–H and O–H groups in total. The lowest BCUT2D eigenvalue weighted by Gasteiger charge is -2.23. The molecule has 0 aliphatic heterocycles. The Bertz CT molecular complexity index is 2360. The molecule has 3 aromatic carbocycles. The fourth-order valence-corrected chi connectivity index (χ4v) is 9.50. The van der Waals surface area contributed by atoms with Crippen LogP contribution in [0.2, 0.25) is 10.0 Å². The second-order valence-electron chi connectivity index (χ2n) is 13.2. The van der Waals surface area contributed by atoms with Gasteiger partial charge in [-0.3, -0.25) is 9.59 Å². The van der Waals surface area contributed by atoms with Gasteiger partial charge in [0.1, 0.15) is 20.2 Å². The third kappa shape index (κ3) is 9.20. The summed E-state index contributed by atoms with van der Waals surface area (Å²) in [5, 5.41) is 6.38. The highest BCUT2D eigenvalue weighted by atomic mass is 35.5. The first-order chi connectivity index (χ1) is 25.1. The highest BCUT2D eigenvalue weighted by Crippen LogP contribution is 2.35. The van der Waals surface area contributed by atoms with Gasteiger partial charge in [0.05, 0.1) is 10.6 Å². The first-order valence-electron chi connectivity index (χ1n) is 16.5. The van der Waals surface area contributed by atoms with Gasteiger partial charge in [0, 0.05) is 31.6 Å². The first kappa shape index (κ1) is 43.0. The lowest BCUT2D eigenvalue weighted by atomic mass is 10.1. The normalized spacial score (nSPS) is 12.2. The van der Waals surface area contributed by atoms with Crippen molar-refractivity contribution in [3.63, 3.8) is 0 Å². The molecule has 17 heteroatoms. The molecule has 54 heavy (non-hydrogen) atoms. The Morgan fingerprint density at radius 1 is 0.796 bits per heavy atom. The maximum Gasteiger partial charge on any atom is 0.247 e. The second-order valence-corrected chi connectivity index (χ2v) is 21.2. The number of hydrogen-bond acceptors (Lipinski definition) is 10. The summed E-state index contributed by atoms with van der Waals surface area (Å²) in [5.74, 6) is -2.13. The van der Waals surface area contributed by atoms with Gasteiger partial charge in [-0.05, 0) is 82.5 Å². The molecule has 0 aliphatic rings. The number of amides is 2. The van der Waals surface area contributed by atoms with Crippen molar-refractivity contribution in [1.29, 1.82) is 0 Å². The number of thiazole rings is 2. The van der Waals surface area contributed by atoms with Crippen LogP contribution in [0.25, 0.3) is 11.3 Å². The minimum atomic E-state index is -4.34. The molecular weight excluding hydrogens is 815 g/mol. The van der Waals surface area contributed by atoms with Crippen LogP contribution >= 0.6 is 45.9 Å². The van der Waals surface area contributed by atoms with Gasteiger partial charge in [0.25, 0.3) is 0 Å². The van der Waals surface area contributed by atoms with E-state index in [-0.39, 0.29) is 15.0 Å². The molecule has 0 radical (unpaired) electrons. The number of nitrogens with one attached hydrogen (secondary N) is 2. The Hall–Kier alpha value is -3.73. The number of nitrogens with zero attached hydrogens (tertiary/aromatic N) is 2. The van der Waals surface area contributed by atoms with Crippen LogP contribution in [-0.4, -0.2) is 48.1 Å². The molecule has 0 aliphatic carbocycles. The SMILES string of the molecule is CC(C)c1cnc(NC(=O)C(C)(C)S(=O)(=O)c2ccc(Cl)cc2)s1.CCc1sc(NC(=O)C(C)(C)S(=O)(=O)c2ccc(Cl)cc2F)nc1-c1ccccc1. The molecular formula is C37H39Cl2FN4O6S4. The van der Waals surface area contributed by atoms with Crippen molar-refractivity contribution >= 4 is 87.6 Å². The quantitative estimate of drug-likeness (QED) is 0.133. The topological polar surface area (TPSA) is 152 Å². The Morgan fingerprint density at radius 2 is 1.35 bits per heavy atom.